The van der Waals surface area contributed by atoms with E-state index >= 15 is 0 Å². The molecule has 34 heavy (non-hydrogen) atoms. The van der Waals surface area contributed by atoms with Crippen molar-refractivity contribution in [3.63, 3.8) is 0 Å². The first-order valence-corrected chi connectivity index (χ1v) is 8.85. The van der Waals surface area contributed by atoms with Gasteiger partial charge in [0.05, 0.1) is 45.5 Å². The van der Waals surface area contributed by atoms with E-state index in [9.17, 15) is 28.8 Å². The van der Waals surface area contributed by atoms with E-state index in [1.165, 1.54) is 0 Å². The maximum Gasteiger partial charge on any atom is 0.336 e. The molecule has 0 spiro atoms. The summed E-state index contributed by atoms with van der Waals surface area (Å²) in [6.07, 6.45) is -4.58. The predicted molar refractivity (Wildman–Crippen MR) is 104 cm³/mol. The highest BCUT2D eigenvalue weighted by Gasteiger charge is 2.41. The van der Waals surface area contributed by atoms with Crippen LogP contribution in [0.25, 0.3) is 0 Å². The molecule has 0 saturated heterocycles. The van der Waals surface area contributed by atoms with Gasteiger partial charge in [0.15, 0.2) is 11.2 Å². The molecule has 0 atom stereocenters. The van der Waals surface area contributed by atoms with Gasteiger partial charge in [-0.25, -0.2) is 9.59 Å². The first kappa shape index (κ1) is 35.2. The van der Waals surface area contributed by atoms with Crippen LogP contribution in [0.5, 0.6) is 0 Å². The Morgan fingerprint density at radius 2 is 0.676 bits per heavy atom. The summed E-state index contributed by atoms with van der Waals surface area (Å²) in [4.78, 5) is 61.0. The molecule has 0 aliphatic heterocycles. The molecule has 0 saturated carbocycles. The van der Waals surface area contributed by atoms with Crippen LogP contribution in [0, 0.1) is 5.41 Å². The van der Waals surface area contributed by atoms with Crippen LogP contribution in [0.15, 0.2) is 0 Å². The van der Waals surface area contributed by atoms with E-state index in [0.717, 1.165) is 0 Å². The summed E-state index contributed by atoms with van der Waals surface area (Å²) in [6, 6.07) is 0. The fourth-order valence-corrected chi connectivity index (χ4v) is 1.58. The molecule has 0 unspecified atom stereocenters. The molecular weight excluding hydrogens is 476 g/mol. The summed E-state index contributed by atoms with van der Waals surface area (Å²) in [7, 11) is 0. The van der Waals surface area contributed by atoms with Gasteiger partial charge in [-0.05, 0) is 0 Å². The lowest BCUT2D eigenvalue weighted by Gasteiger charge is -2.20. The third-order valence-corrected chi connectivity index (χ3v) is 3.72. The highest BCUT2D eigenvalue weighted by molar-refractivity contribution is 5.88. The normalized spacial score (nSPS) is 11.1. The molecule has 0 aromatic heterocycles. The van der Waals surface area contributed by atoms with Gasteiger partial charge in [-0.3, -0.25) is 19.2 Å². The number of rotatable bonds is 13. The third kappa shape index (κ3) is 15.4. The van der Waals surface area contributed by atoms with Gasteiger partial charge < -0.3 is 56.2 Å². The summed E-state index contributed by atoms with van der Waals surface area (Å²) in [5.41, 5.74) is -6.19. The van der Waals surface area contributed by atoms with Crippen LogP contribution in [-0.2, 0) is 28.8 Å². The Bertz CT molecular complexity index is 631. The smallest absolute Gasteiger partial charge is 0.336 e. The monoisotopic (exact) mass is 504 g/mol. The number of aliphatic hydroxyl groups excluding tert-OH is 3. The fourth-order valence-electron chi connectivity index (χ4n) is 1.58. The van der Waals surface area contributed by atoms with Crippen LogP contribution < -0.4 is 0 Å². The van der Waals surface area contributed by atoms with E-state index in [2.05, 4.69) is 0 Å². The first-order valence-electron chi connectivity index (χ1n) is 8.85. The molecule has 0 aromatic rings. The Balaban J connectivity index is -0.000000438. The lowest BCUT2D eigenvalue weighted by molar-refractivity contribution is -0.170. The molecule has 0 bridgehead atoms. The van der Waals surface area contributed by atoms with Gasteiger partial charge in [0.1, 0.15) is 0 Å². The molecular formula is C17H28O17. The molecule has 0 amide bonds. The average molecular weight is 504 g/mol. The average Bonchev–Trinajstić information content (AvgIpc) is 2.65. The zero-order valence-electron chi connectivity index (χ0n) is 17.8. The fraction of sp³-hybridized carbons (Fsp3) is 0.647. The van der Waals surface area contributed by atoms with Crippen molar-refractivity contribution >= 4 is 35.8 Å². The van der Waals surface area contributed by atoms with E-state index < -0.39 is 78.1 Å². The van der Waals surface area contributed by atoms with Gasteiger partial charge in [0, 0.05) is 5.41 Å². The molecule has 198 valence electrons. The van der Waals surface area contributed by atoms with E-state index in [1.54, 1.807) is 6.92 Å². The van der Waals surface area contributed by atoms with Crippen LogP contribution in [-0.4, -0.2) is 123 Å². The molecule has 0 aliphatic carbocycles. The SMILES string of the molecule is CC(CO)(CO)CO.O=C(O)CC(O)(CC(=O)O)C(=O)O.O=C(O)CC(O)(CC(=O)O)C(=O)O. The van der Waals surface area contributed by atoms with Gasteiger partial charge in [0.2, 0.25) is 0 Å². The number of carbonyl (C=O) groups is 6. The predicted octanol–water partition coefficient (Wildman–Crippen LogP) is -3.53. The van der Waals surface area contributed by atoms with Crippen molar-refractivity contribution in [2.45, 2.75) is 43.8 Å². The number of carboxylic acids is 6. The van der Waals surface area contributed by atoms with Crippen molar-refractivity contribution < 1.29 is 84.9 Å². The Labute approximate surface area is 190 Å². The zero-order valence-corrected chi connectivity index (χ0v) is 17.8. The Kier molecular flexibility index (Phi) is 16.0. The summed E-state index contributed by atoms with van der Waals surface area (Å²) < 4.78 is 0. The number of aliphatic carboxylic acids is 6. The number of hydrogen-bond donors (Lipinski definition) is 11. The van der Waals surface area contributed by atoms with Crippen molar-refractivity contribution in [3.05, 3.63) is 0 Å². The number of hydrogen-bond acceptors (Lipinski definition) is 11. The second-order valence-electron chi connectivity index (χ2n) is 7.24. The molecule has 0 fully saturated rings. The van der Waals surface area contributed by atoms with Crippen molar-refractivity contribution in [1.29, 1.82) is 0 Å². The number of carboxylic acid groups (broad SMARTS) is 6. The second kappa shape index (κ2) is 15.5. The molecule has 17 nitrogen and oxygen atoms in total. The molecule has 0 aliphatic rings. The first-order chi connectivity index (χ1) is 15.2. The van der Waals surface area contributed by atoms with E-state index in [4.69, 9.17) is 56.2 Å². The van der Waals surface area contributed by atoms with E-state index in [0.29, 0.717) is 0 Å². The lowest BCUT2D eigenvalue weighted by Crippen LogP contribution is -2.42. The summed E-state index contributed by atoms with van der Waals surface area (Å²) >= 11 is 0. The maximum absolute atomic E-state index is 10.3. The Morgan fingerprint density at radius 3 is 0.735 bits per heavy atom. The molecule has 0 aromatic carbocycles. The van der Waals surface area contributed by atoms with Crippen molar-refractivity contribution in [2.24, 2.45) is 5.41 Å². The summed E-state index contributed by atoms with van der Waals surface area (Å²) in [5, 5.41) is 93.0. The quantitative estimate of drug-likeness (QED) is 0.116. The van der Waals surface area contributed by atoms with E-state index in [1.807, 2.05) is 0 Å². The molecule has 0 heterocycles. The minimum Gasteiger partial charge on any atom is -0.481 e. The Morgan fingerprint density at radius 1 is 0.500 bits per heavy atom. The highest BCUT2D eigenvalue weighted by Crippen LogP contribution is 2.16. The van der Waals surface area contributed by atoms with Gasteiger partial charge >= 0.3 is 35.8 Å². The van der Waals surface area contributed by atoms with E-state index in [-0.39, 0.29) is 19.8 Å². The highest BCUT2D eigenvalue weighted by atomic mass is 16.4. The number of aliphatic hydroxyl groups is 5. The molecule has 0 radical (unpaired) electrons. The third-order valence-electron chi connectivity index (χ3n) is 3.72. The lowest BCUT2D eigenvalue weighted by atomic mass is 9.95. The van der Waals surface area contributed by atoms with Crippen LogP contribution in [0.4, 0.5) is 0 Å². The van der Waals surface area contributed by atoms with Crippen LogP contribution >= 0.6 is 0 Å². The molecule has 11 N–H and O–H groups in total. The largest absolute Gasteiger partial charge is 0.481 e. The zero-order chi connectivity index (χ0) is 27.9. The second-order valence-corrected chi connectivity index (χ2v) is 7.24. The van der Waals surface area contributed by atoms with Gasteiger partial charge in [-0.1, -0.05) is 6.92 Å². The van der Waals surface area contributed by atoms with Crippen molar-refractivity contribution in [3.8, 4) is 0 Å². The molecule has 17 heteroatoms. The topological polar surface area (TPSA) is 325 Å². The minimum atomic E-state index is -2.74. The van der Waals surface area contributed by atoms with Crippen LogP contribution in [0.1, 0.15) is 32.6 Å². The van der Waals surface area contributed by atoms with Gasteiger partial charge in [-0.2, -0.15) is 0 Å². The standard InChI is InChI=1S/2C6H8O7.C5H12O3/c2*7-3(8)1-6(13,5(11)12)2-4(9)10;1-5(2-6,3-7)4-8/h2*13H,1-2H2,(H,7,8)(H,9,10)(H,11,12);6-8H,2-4H2,1H3. The maximum atomic E-state index is 10.3. The van der Waals surface area contributed by atoms with Crippen LogP contribution in [0.3, 0.4) is 0 Å². The van der Waals surface area contributed by atoms with Crippen molar-refractivity contribution in [1.82, 2.24) is 0 Å². The van der Waals surface area contributed by atoms with Crippen LogP contribution in [0.2, 0.25) is 0 Å². The van der Waals surface area contributed by atoms with Crippen molar-refractivity contribution in [2.75, 3.05) is 19.8 Å². The summed E-state index contributed by atoms with van der Waals surface area (Å²) in [5.74, 6) is -10.0. The van der Waals surface area contributed by atoms with Gasteiger partial charge in [-0.15, -0.1) is 0 Å². The molecule has 0 rings (SSSR count). The summed E-state index contributed by atoms with van der Waals surface area (Å²) in [6.45, 7) is 1.06. The Hall–Kier alpha value is -3.38. The minimum absolute atomic E-state index is 0.181. The van der Waals surface area contributed by atoms with Gasteiger partial charge in [0.25, 0.3) is 0 Å².